The zero-order chi connectivity index (χ0) is 12.3. The molecule has 1 aromatic carbocycles. The molecule has 2 heteroatoms. The van der Waals surface area contributed by atoms with Crippen LogP contribution in [0.4, 0.5) is 0 Å². The van der Waals surface area contributed by atoms with Gasteiger partial charge in [-0.25, -0.2) is 0 Å². The van der Waals surface area contributed by atoms with Crippen LogP contribution in [0.3, 0.4) is 0 Å². The van der Waals surface area contributed by atoms with E-state index in [9.17, 15) is 4.79 Å². The van der Waals surface area contributed by atoms with Gasteiger partial charge in [0.1, 0.15) is 5.78 Å². The van der Waals surface area contributed by atoms with E-state index in [1.54, 1.807) is 5.19 Å². The maximum Gasteiger partial charge on any atom is 0.132 e. The molecule has 2 rings (SSSR count). The topological polar surface area (TPSA) is 17.1 Å². The lowest BCUT2D eigenvalue weighted by Gasteiger charge is -2.35. The highest BCUT2D eigenvalue weighted by atomic mass is 28.3. The van der Waals surface area contributed by atoms with Crippen LogP contribution in [0.5, 0.6) is 0 Å². The smallest absolute Gasteiger partial charge is 0.132 e. The first kappa shape index (κ1) is 12.6. The minimum Gasteiger partial charge on any atom is -0.300 e. The van der Waals surface area contributed by atoms with Crippen LogP contribution < -0.4 is 5.19 Å². The van der Waals surface area contributed by atoms with E-state index in [-0.39, 0.29) is 0 Å². The van der Waals surface area contributed by atoms with E-state index in [0.717, 1.165) is 12.8 Å². The first-order chi connectivity index (χ1) is 8.16. The summed E-state index contributed by atoms with van der Waals surface area (Å²) < 4.78 is 0. The molecule has 0 aliphatic carbocycles. The van der Waals surface area contributed by atoms with E-state index in [4.69, 9.17) is 0 Å². The standard InChI is InChI=1S/C15H22OSi/c1-3-10-17(11-8-14(16)9-12-17)15-6-4-13(2)5-7-15/h4-7H,3,8-12H2,1-2H3. The third kappa shape index (κ3) is 2.68. The zero-order valence-corrected chi connectivity index (χ0v) is 12.0. The quantitative estimate of drug-likeness (QED) is 0.747. The summed E-state index contributed by atoms with van der Waals surface area (Å²) in [5, 5.41) is 1.58. The van der Waals surface area contributed by atoms with Gasteiger partial charge in [0, 0.05) is 12.8 Å². The SMILES string of the molecule is CCC[Si]1(c2ccc(C)cc2)CCC(=O)CC1. The van der Waals surface area contributed by atoms with E-state index < -0.39 is 8.07 Å². The Hall–Kier alpha value is -0.893. The molecule has 0 N–H and O–H groups in total. The van der Waals surface area contributed by atoms with Crippen molar-refractivity contribution in [3.8, 4) is 0 Å². The lowest BCUT2D eigenvalue weighted by molar-refractivity contribution is -0.118. The average Bonchev–Trinajstić information content (AvgIpc) is 2.34. The van der Waals surface area contributed by atoms with Gasteiger partial charge in [-0.15, -0.1) is 0 Å². The second-order valence-corrected chi connectivity index (χ2v) is 10.1. The summed E-state index contributed by atoms with van der Waals surface area (Å²) in [6, 6.07) is 12.8. The van der Waals surface area contributed by atoms with Gasteiger partial charge in [0.25, 0.3) is 0 Å². The highest BCUT2D eigenvalue weighted by molar-refractivity contribution is 6.92. The Kier molecular flexibility index (Phi) is 3.82. The molecule has 0 saturated carbocycles. The van der Waals surface area contributed by atoms with Gasteiger partial charge in [-0.2, -0.15) is 0 Å². The molecule has 0 bridgehead atoms. The molecule has 17 heavy (non-hydrogen) atoms. The van der Waals surface area contributed by atoms with Gasteiger partial charge >= 0.3 is 0 Å². The molecule has 1 aliphatic heterocycles. The summed E-state index contributed by atoms with van der Waals surface area (Å²) in [7, 11) is -1.34. The Balaban J connectivity index is 2.27. The molecule has 1 fully saturated rings. The predicted octanol–water partition coefficient (Wildman–Crippen LogP) is 3.42. The van der Waals surface area contributed by atoms with Crippen LogP contribution in [0, 0.1) is 6.92 Å². The Morgan fingerprint density at radius 1 is 1.12 bits per heavy atom. The van der Waals surface area contributed by atoms with Crippen molar-refractivity contribution in [2.24, 2.45) is 0 Å². The third-order valence-electron chi connectivity index (χ3n) is 4.16. The highest BCUT2D eigenvalue weighted by Gasteiger charge is 2.37. The van der Waals surface area contributed by atoms with Gasteiger partial charge in [-0.1, -0.05) is 54.4 Å². The minimum atomic E-state index is -1.34. The third-order valence-corrected chi connectivity index (χ3v) is 9.59. The molecule has 1 aromatic rings. The Labute approximate surface area is 105 Å². The second kappa shape index (κ2) is 5.17. The molecule has 0 radical (unpaired) electrons. The molecule has 0 spiro atoms. The molecule has 0 aromatic heterocycles. The van der Waals surface area contributed by atoms with Gasteiger partial charge < -0.3 is 0 Å². The second-order valence-electron chi connectivity index (χ2n) is 5.44. The normalized spacial score (nSPS) is 19.3. The first-order valence-corrected chi connectivity index (χ1v) is 9.37. The maximum atomic E-state index is 11.5. The molecular formula is C15H22OSi. The lowest BCUT2D eigenvalue weighted by atomic mass is 10.2. The summed E-state index contributed by atoms with van der Waals surface area (Å²) >= 11 is 0. The Bertz CT molecular complexity index is 384. The van der Waals surface area contributed by atoms with Gasteiger partial charge in [0.05, 0.1) is 8.07 Å². The fraction of sp³-hybridized carbons (Fsp3) is 0.533. The minimum absolute atomic E-state index is 0.483. The highest BCUT2D eigenvalue weighted by Crippen LogP contribution is 2.31. The molecule has 1 aliphatic rings. The number of carbonyl (C=O) groups is 1. The number of aryl methyl sites for hydroxylation is 1. The van der Waals surface area contributed by atoms with Gasteiger partial charge in [0.15, 0.2) is 0 Å². The average molecular weight is 246 g/mol. The summed E-state index contributed by atoms with van der Waals surface area (Å²) in [6.07, 6.45) is 2.93. The monoisotopic (exact) mass is 246 g/mol. The number of carbonyl (C=O) groups excluding carboxylic acids is 1. The van der Waals surface area contributed by atoms with Crippen LogP contribution >= 0.6 is 0 Å². The largest absolute Gasteiger partial charge is 0.300 e. The van der Waals surface area contributed by atoms with E-state index in [1.807, 2.05) is 0 Å². The van der Waals surface area contributed by atoms with E-state index in [1.165, 1.54) is 30.1 Å². The molecule has 0 atom stereocenters. The molecule has 0 amide bonds. The Morgan fingerprint density at radius 3 is 2.24 bits per heavy atom. The Morgan fingerprint density at radius 2 is 1.71 bits per heavy atom. The number of hydrogen-bond acceptors (Lipinski definition) is 1. The van der Waals surface area contributed by atoms with Crippen LogP contribution in [0.15, 0.2) is 24.3 Å². The lowest BCUT2D eigenvalue weighted by Crippen LogP contribution is -2.50. The zero-order valence-electron chi connectivity index (χ0n) is 11.0. The van der Waals surface area contributed by atoms with E-state index >= 15 is 0 Å². The fourth-order valence-electron chi connectivity index (χ4n) is 3.08. The van der Waals surface area contributed by atoms with Crippen molar-refractivity contribution in [3.63, 3.8) is 0 Å². The van der Waals surface area contributed by atoms with Crippen molar-refractivity contribution < 1.29 is 4.79 Å². The number of ketones is 1. The van der Waals surface area contributed by atoms with Crippen LogP contribution in [-0.2, 0) is 4.79 Å². The van der Waals surface area contributed by atoms with Crippen LogP contribution in [-0.4, -0.2) is 13.9 Å². The van der Waals surface area contributed by atoms with Crippen LogP contribution in [0.2, 0.25) is 18.1 Å². The van der Waals surface area contributed by atoms with Gasteiger partial charge in [-0.3, -0.25) is 4.79 Å². The van der Waals surface area contributed by atoms with E-state index in [2.05, 4.69) is 38.1 Å². The van der Waals surface area contributed by atoms with Crippen molar-refractivity contribution in [3.05, 3.63) is 29.8 Å². The van der Waals surface area contributed by atoms with Crippen molar-refractivity contribution in [1.29, 1.82) is 0 Å². The van der Waals surface area contributed by atoms with Crippen LogP contribution in [0.1, 0.15) is 31.7 Å². The molecule has 1 heterocycles. The molecular weight excluding hydrogens is 224 g/mol. The van der Waals surface area contributed by atoms with Crippen molar-refractivity contribution in [2.75, 3.05) is 0 Å². The van der Waals surface area contributed by atoms with Gasteiger partial charge in [-0.05, 0) is 19.0 Å². The number of rotatable bonds is 3. The molecule has 1 nitrogen and oxygen atoms in total. The predicted molar refractivity (Wildman–Crippen MR) is 75.5 cm³/mol. The van der Waals surface area contributed by atoms with Crippen molar-refractivity contribution >= 4 is 19.0 Å². The first-order valence-electron chi connectivity index (χ1n) is 6.75. The molecule has 1 saturated heterocycles. The number of Topliss-reactive ketones (excluding diaryl/α,β-unsaturated/α-hetero) is 1. The number of benzene rings is 1. The van der Waals surface area contributed by atoms with Crippen molar-refractivity contribution in [1.82, 2.24) is 0 Å². The fourth-order valence-corrected chi connectivity index (χ4v) is 8.04. The number of hydrogen-bond donors (Lipinski definition) is 0. The van der Waals surface area contributed by atoms with Crippen molar-refractivity contribution in [2.45, 2.75) is 51.2 Å². The van der Waals surface area contributed by atoms with Gasteiger partial charge in [0.2, 0.25) is 0 Å². The van der Waals surface area contributed by atoms with Crippen LogP contribution in [0.25, 0.3) is 0 Å². The maximum absolute atomic E-state index is 11.5. The van der Waals surface area contributed by atoms with E-state index in [0.29, 0.717) is 5.78 Å². The summed E-state index contributed by atoms with van der Waals surface area (Å²) in [6.45, 7) is 4.42. The summed E-state index contributed by atoms with van der Waals surface area (Å²) in [5.74, 6) is 0.483. The molecule has 92 valence electrons. The molecule has 0 unspecified atom stereocenters. The summed E-state index contributed by atoms with van der Waals surface area (Å²) in [5.41, 5.74) is 1.33. The summed E-state index contributed by atoms with van der Waals surface area (Å²) in [4.78, 5) is 11.5.